The maximum Gasteiger partial charge on any atom is 0.242 e. The summed E-state index contributed by atoms with van der Waals surface area (Å²) in [6, 6.07) is 13.2. The van der Waals surface area contributed by atoms with E-state index >= 15 is 0 Å². The quantitative estimate of drug-likeness (QED) is 0.661. The van der Waals surface area contributed by atoms with Gasteiger partial charge in [0.2, 0.25) is 18.6 Å². The van der Waals surface area contributed by atoms with Gasteiger partial charge in [-0.15, -0.1) is 0 Å². The fraction of sp³-hybridized carbons (Fsp3) is 0.440. The van der Waals surface area contributed by atoms with E-state index in [0.717, 1.165) is 28.9 Å². The molecule has 0 unspecified atom stereocenters. The highest BCUT2D eigenvalue weighted by Gasteiger charge is 2.27. The van der Waals surface area contributed by atoms with Gasteiger partial charge < -0.3 is 19.7 Å². The molecular formula is C25H32N2O4. The molecule has 2 atom stereocenters. The number of nitrogens with one attached hydrogen (secondary N) is 1. The van der Waals surface area contributed by atoms with Crippen molar-refractivity contribution in [1.82, 2.24) is 10.2 Å². The molecular weight excluding hydrogens is 392 g/mol. The number of hydrogen-bond donors (Lipinski definition) is 1. The summed E-state index contributed by atoms with van der Waals surface area (Å²) < 4.78 is 10.8. The summed E-state index contributed by atoms with van der Waals surface area (Å²) in [5.74, 6) is 1.27. The van der Waals surface area contributed by atoms with Gasteiger partial charge in [0.15, 0.2) is 11.5 Å². The first-order chi connectivity index (χ1) is 14.9. The number of carbonyl (C=O) groups excluding carboxylic acids is 2. The molecule has 166 valence electrons. The lowest BCUT2D eigenvalue weighted by Crippen LogP contribution is -2.49. The Balaban J connectivity index is 1.73. The summed E-state index contributed by atoms with van der Waals surface area (Å²) in [7, 11) is 0. The number of amides is 2. The smallest absolute Gasteiger partial charge is 0.242 e. The average Bonchev–Trinajstić information content (AvgIpc) is 3.24. The molecule has 2 aromatic carbocycles. The Kier molecular flexibility index (Phi) is 7.55. The third-order valence-corrected chi connectivity index (χ3v) is 5.83. The Morgan fingerprint density at radius 2 is 1.84 bits per heavy atom. The maximum absolute atomic E-state index is 13.3. The Morgan fingerprint density at radius 1 is 1.10 bits per heavy atom. The standard InChI is InChI=1S/C25H32N2O4/c1-5-18(3)26-25(29)19(4)27(15-21-9-7-6-8-17(21)2)24(28)13-11-20-10-12-22-23(14-20)31-16-30-22/h6-10,12,14,18-19H,5,11,13,15-16H2,1-4H3,(H,26,29)/t18-,19+/m1/s1. The molecule has 0 fully saturated rings. The second-order valence-corrected chi connectivity index (χ2v) is 8.13. The highest BCUT2D eigenvalue weighted by atomic mass is 16.7. The molecule has 0 saturated carbocycles. The molecule has 31 heavy (non-hydrogen) atoms. The van der Waals surface area contributed by atoms with Gasteiger partial charge in [-0.2, -0.15) is 0 Å². The van der Waals surface area contributed by atoms with Gasteiger partial charge in [-0.3, -0.25) is 9.59 Å². The summed E-state index contributed by atoms with van der Waals surface area (Å²) in [5, 5.41) is 3.00. The van der Waals surface area contributed by atoms with Crippen molar-refractivity contribution < 1.29 is 19.1 Å². The number of fused-ring (bicyclic) bond motifs is 1. The fourth-order valence-electron chi connectivity index (χ4n) is 3.51. The van der Waals surface area contributed by atoms with Crippen molar-refractivity contribution >= 4 is 11.8 Å². The van der Waals surface area contributed by atoms with Crippen molar-refractivity contribution in [2.45, 2.75) is 65.6 Å². The van der Waals surface area contributed by atoms with Crippen LogP contribution >= 0.6 is 0 Å². The molecule has 0 aromatic heterocycles. The maximum atomic E-state index is 13.3. The van der Waals surface area contributed by atoms with Gasteiger partial charge in [-0.1, -0.05) is 37.3 Å². The SMILES string of the molecule is CC[C@@H](C)NC(=O)[C@H](C)N(Cc1ccccc1C)C(=O)CCc1ccc2c(c1)OCO2. The molecule has 0 aliphatic carbocycles. The van der Waals surface area contributed by atoms with E-state index in [1.807, 2.05) is 63.2 Å². The van der Waals surface area contributed by atoms with Crippen LogP contribution in [0.1, 0.15) is 50.3 Å². The van der Waals surface area contributed by atoms with Gasteiger partial charge >= 0.3 is 0 Å². The molecule has 6 nitrogen and oxygen atoms in total. The minimum absolute atomic E-state index is 0.0484. The van der Waals surface area contributed by atoms with Gasteiger partial charge in [0, 0.05) is 19.0 Å². The van der Waals surface area contributed by atoms with Crippen molar-refractivity contribution in [3.63, 3.8) is 0 Å². The molecule has 0 bridgehead atoms. The second-order valence-electron chi connectivity index (χ2n) is 8.13. The minimum atomic E-state index is -0.558. The van der Waals surface area contributed by atoms with Crippen LogP contribution in [-0.4, -0.2) is 35.6 Å². The van der Waals surface area contributed by atoms with E-state index in [0.29, 0.717) is 25.1 Å². The van der Waals surface area contributed by atoms with Crippen LogP contribution in [0.2, 0.25) is 0 Å². The molecule has 1 aliphatic heterocycles. The third-order valence-electron chi connectivity index (χ3n) is 5.83. The molecule has 3 rings (SSSR count). The number of nitrogens with zero attached hydrogens (tertiary/aromatic N) is 1. The molecule has 2 amide bonds. The van der Waals surface area contributed by atoms with Gasteiger partial charge in [-0.05, 0) is 62.4 Å². The van der Waals surface area contributed by atoms with Crippen LogP contribution < -0.4 is 14.8 Å². The lowest BCUT2D eigenvalue weighted by molar-refractivity contribution is -0.140. The van der Waals surface area contributed by atoms with Gasteiger partial charge in [0.05, 0.1) is 0 Å². The Hall–Kier alpha value is -3.02. The van der Waals surface area contributed by atoms with Crippen LogP contribution in [0, 0.1) is 6.92 Å². The van der Waals surface area contributed by atoms with Gasteiger partial charge in [0.25, 0.3) is 0 Å². The zero-order valence-corrected chi connectivity index (χ0v) is 18.8. The van der Waals surface area contributed by atoms with Crippen LogP contribution in [0.5, 0.6) is 11.5 Å². The predicted octanol–water partition coefficient (Wildman–Crippen LogP) is 3.99. The van der Waals surface area contributed by atoms with E-state index in [2.05, 4.69) is 5.32 Å². The van der Waals surface area contributed by atoms with Crippen molar-refractivity contribution in [1.29, 1.82) is 0 Å². The average molecular weight is 425 g/mol. The lowest BCUT2D eigenvalue weighted by atomic mass is 10.0. The van der Waals surface area contributed by atoms with E-state index in [1.165, 1.54) is 0 Å². The number of rotatable bonds is 9. The first kappa shape index (κ1) is 22.7. The highest BCUT2D eigenvalue weighted by Crippen LogP contribution is 2.32. The molecule has 0 saturated heterocycles. The van der Waals surface area contributed by atoms with Crippen LogP contribution in [0.25, 0.3) is 0 Å². The predicted molar refractivity (Wildman–Crippen MR) is 120 cm³/mol. The zero-order chi connectivity index (χ0) is 22.4. The topological polar surface area (TPSA) is 67.9 Å². The van der Waals surface area contributed by atoms with E-state index in [-0.39, 0.29) is 24.6 Å². The number of ether oxygens (including phenoxy) is 2. The molecule has 0 spiro atoms. The lowest BCUT2D eigenvalue weighted by Gasteiger charge is -2.30. The van der Waals surface area contributed by atoms with E-state index in [9.17, 15) is 9.59 Å². The first-order valence-electron chi connectivity index (χ1n) is 10.9. The van der Waals surface area contributed by atoms with Crippen molar-refractivity contribution in [2.75, 3.05) is 6.79 Å². The van der Waals surface area contributed by atoms with Gasteiger partial charge in [0.1, 0.15) is 6.04 Å². The monoisotopic (exact) mass is 424 g/mol. The summed E-state index contributed by atoms with van der Waals surface area (Å²) in [4.78, 5) is 27.7. The first-order valence-corrected chi connectivity index (χ1v) is 10.9. The van der Waals surface area contributed by atoms with Crippen LogP contribution in [-0.2, 0) is 22.6 Å². The molecule has 1 N–H and O–H groups in total. The second kappa shape index (κ2) is 10.3. The van der Waals surface area contributed by atoms with Gasteiger partial charge in [-0.25, -0.2) is 0 Å². The summed E-state index contributed by atoms with van der Waals surface area (Å²) in [6.07, 6.45) is 1.72. The zero-order valence-electron chi connectivity index (χ0n) is 18.8. The van der Waals surface area contributed by atoms with Crippen molar-refractivity contribution in [2.24, 2.45) is 0 Å². The molecule has 6 heteroatoms. The number of aryl methyl sites for hydroxylation is 2. The Bertz CT molecular complexity index is 927. The molecule has 0 radical (unpaired) electrons. The largest absolute Gasteiger partial charge is 0.454 e. The van der Waals surface area contributed by atoms with Crippen LogP contribution in [0.15, 0.2) is 42.5 Å². The molecule has 2 aromatic rings. The molecule has 1 heterocycles. The third kappa shape index (κ3) is 5.78. The van der Waals surface area contributed by atoms with Crippen LogP contribution in [0.4, 0.5) is 0 Å². The number of hydrogen-bond acceptors (Lipinski definition) is 4. The Morgan fingerprint density at radius 3 is 2.58 bits per heavy atom. The number of carbonyl (C=O) groups is 2. The summed E-state index contributed by atoms with van der Waals surface area (Å²) >= 11 is 0. The van der Waals surface area contributed by atoms with E-state index < -0.39 is 6.04 Å². The van der Waals surface area contributed by atoms with Crippen molar-refractivity contribution in [3.8, 4) is 11.5 Å². The summed E-state index contributed by atoms with van der Waals surface area (Å²) in [6.45, 7) is 8.45. The van der Waals surface area contributed by atoms with E-state index in [4.69, 9.17) is 9.47 Å². The fourth-order valence-corrected chi connectivity index (χ4v) is 3.51. The van der Waals surface area contributed by atoms with Crippen molar-refractivity contribution in [3.05, 3.63) is 59.2 Å². The Labute approximate surface area is 184 Å². The normalized spacial score (nSPS) is 14.1. The van der Waals surface area contributed by atoms with E-state index in [1.54, 1.807) is 11.8 Å². The highest BCUT2D eigenvalue weighted by molar-refractivity contribution is 5.87. The minimum Gasteiger partial charge on any atom is -0.454 e. The van der Waals surface area contributed by atoms with Crippen LogP contribution in [0.3, 0.4) is 0 Å². The molecule has 1 aliphatic rings. The summed E-state index contributed by atoms with van der Waals surface area (Å²) in [5.41, 5.74) is 3.15. The number of benzene rings is 2.